The maximum Gasteiger partial charge on any atom is 0.291 e. The van der Waals surface area contributed by atoms with E-state index in [0.29, 0.717) is 5.69 Å². The van der Waals surface area contributed by atoms with Crippen LogP contribution in [-0.4, -0.2) is 20.4 Å². The number of aromatic nitrogens is 1. The summed E-state index contributed by atoms with van der Waals surface area (Å²) in [7, 11) is 0. The second kappa shape index (κ2) is 6.05. The van der Waals surface area contributed by atoms with Crippen LogP contribution in [0.15, 0.2) is 24.4 Å². The van der Waals surface area contributed by atoms with Crippen molar-refractivity contribution in [1.82, 2.24) is 4.98 Å². The van der Waals surface area contributed by atoms with Crippen LogP contribution in [0, 0.1) is 10.1 Å². The molecule has 66 valence electrons. The summed E-state index contributed by atoms with van der Waals surface area (Å²) in [4.78, 5) is 12.2. The lowest BCUT2D eigenvalue weighted by Crippen LogP contribution is -1.84. The van der Waals surface area contributed by atoms with E-state index in [9.17, 15) is 0 Å². The first kappa shape index (κ1) is 10.3. The van der Waals surface area contributed by atoms with Crippen LogP contribution in [0.4, 0.5) is 0 Å². The van der Waals surface area contributed by atoms with E-state index in [1.54, 1.807) is 12.3 Å². The molecule has 1 aromatic heterocycles. The smallest absolute Gasteiger partial charge is 0.291 e. The van der Waals surface area contributed by atoms with Gasteiger partial charge in [0.15, 0.2) is 0 Å². The molecule has 6 nitrogen and oxygen atoms in total. The SMILES string of the molecule is O=[N+]([O-])O.OCc1ccccn1. The standard InChI is InChI=1S/C6H7NO.HNO3/c8-5-6-3-1-2-4-7-6;2-1(3)4/h1-4,8H,5H2;(H,2,3,4). The largest absolute Gasteiger partial charge is 0.390 e. The van der Waals surface area contributed by atoms with Gasteiger partial charge >= 0.3 is 0 Å². The van der Waals surface area contributed by atoms with Crippen LogP contribution >= 0.6 is 0 Å². The van der Waals surface area contributed by atoms with Gasteiger partial charge in [-0.3, -0.25) is 4.98 Å². The van der Waals surface area contributed by atoms with Crippen molar-refractivity contribution < 1.29 is 15.4 Å². The van der Waals surface area contributed by atoms with E-state index >= 15 is 0 Å². The first-order chi connectivity index (χ1) is 5.66. The van der Waals surface area contributed by atoms with Crippen molar-refractivity contribution in [2.75, 3.05) is 0 Å². The van der Waals surface area contributed by atoms with Crippen molar-refractivity contribution in [3.63, 3.8) is 0 Å². The van der Waals surface area contributed by atoms with Gasteiger partial charge in [-0.05, 0) is 12.1 Å². The van der Waals surface area contributed by atoms with Gasteiger partial charge in [-0.1, -0.05) is 6.07 Å². The number of aliphatic hydroxyl groups is 1. The van der Waals surface area contributed by atoms with Crippen molar-refractivity contribution in [1.29, 1.82) is 0 Å². The lowest BCUT2D eigenvalue weighted by atomic mass is 10.4. The van der Waals surface area contributed by atoms with E-state index in [1.165, 1.54) is 0 Å². The van der Waals surface area contributed by atoms with E-state index in [4.69, 9.17) is 20.4 Å². The molecule has 0 unspecified atom stereocenters. The first-order valence-corrected chi connectivity index (χ1v) is 3.01. The molecule has 0 bridgehead atoms. The molecule has 0 spiro atoms. The summed E-state index contributed by atoms with van der Waals surface area (Å²) < 4.78 is 0. The van der Waals surface area contributed by atoms with Gasteiger partial charge in [-0.15, -0.1) is 10.1 Å². The Bertz CT molecular complexity index is 222. The molecule has 0 fully saturated rings. The minimum absolute atomic E-state index is 0.0286. The third-order valence-electron chi connectivity index (χ3n) is 0.888. The second-order valence-electron chi connectivity index (χ2n) is 1.72. The summed E-state index contributed by atoms with van der Waals surface area (Å²) in [6.45, 7) is 0.0286. The third-order valence-corrected chi connectivity index (χ3v) is 0.888. The maximum atomic E-state index is 8.48. The highest BCUT2D eigenvalue weighted by atomic mass is 16.9. The molecular formula is C6H8N2O4. The van der Waals surface area contributed by atoms with E-state index in [0.717, 1.165) is 0 Å². The summed E-state index contributed by atoms with van der Waals surface area (Å²) in [6, 6.07) is 5.44. The van der Waals surface area contributed by atoms with Crippen LogP contribution < -0.4 is 0 Å². The van der Waals surface area contributed by atoms with Gasteiger partial charge in [-0.2, -0.15) is 0 Å². The van der Waals surface area contributed by atoms with Crippen LogP contribution in [0.2, 0.25) is 0 Å². The zero-order valence-electron chi connectivity index (χ0n) is 6.12. The highest BCUT2D eigenvalue weighted by Gasteiger charge is 1.82. The summed E-state index contributed by atoms with van der Waals surface area (Å²) in [5, 5.41) is 22.1. The molecular weight excluding hydrogens is 164 g/mol. The average Bonchev–Trinajstić information content (AvgIpc) is 2.05. The Morgan fingerprint density at radius 2 is 2.17 bits per heavy atom. The first-order valence-electron chi connectivity index (χ1n) is 3.01. The van der Waals surface area contributed by atoms with Gasteiger partial charge < -0.3 is 10.3 Å². The summed E-state index contributed by atoms with van der Waals surface area (Å²) in [6.07, 6.45) is 1.66. The minimum atomic E-state index is -1.50. The van der Waals surface area contributed by atoms with Crippen LogP contribution in [0.5, 0.6) is 0 Å². The van der Waals surface area contributed by atoms with Gasteiger partial charge in [-0.25, -0.2) is 0 Å². The summed E-state index contributed by atoms with van der Waals surface area (Å²) in [5.74, 6) is 0. The fourth-order valence-electron chi connectivity index (χ4n) is 0.492. The molecule has 0 amide bonds. The average molecular weight is 172 g/mol. The molecule has 0 saturated heterocycles. The Morgan fingerprint density at radius 3 is 2.42 bits per heavy atom. The van der Waals surface area contributed by atoms with Crippen LogP contribution in [0.3, 0.4) is 0 Å². The Balaban J connectivity index is 0.000000261. The molecule has 0 aliphatic carbocycles. The summed E-state index contributed by atoms with van der Waals surface area (Å²) in [5.41, 5.74) is 0.715. The zero-order valence-corrected chi connectivity index (χ0v) is 6.12. The lowest BCUT2D eigenvalue weighted by Gasteiger charge is -1.88. The summed E-state index contributed by atoms with van der Waals surface area (Å²) >= 11 is 0. The van der Waals surface area contributed by atoms with Gasteiger partial charge in [0.05, 0.1) is 12.3 Å². The topological polar surface area (TPSA) is 96.5 Å². The molecule has 0 radical (unpaired) electrons. The van der Waals surface area contributed by atoms with Crippen molar-refractivity contribution >= 4 is 0 Å². The number of aliphatic hydroxyl groups excluding tert-OH is 1. The normalized spacial score (nSPS) is 8.08. The molecule has 1 heterocycles. The number of hydrogen-bond acceptors (Lipinski definition) is 4. The number of hydrogen-bond donors (Lipinski definition) is 2. The fraction of sp³-hybridized carbons (Fsp3) is 0.167. The molecule has 12 heavy (non-hydrogen) atoms. The molecule has 0 aliphatic rings. The molecule has 0 aliphatic heterocycles. The van der Waals surface area contributed by atoms with Gasteiger partial charge in [0.1, 0.15) is 0 Å². The highest BCUT2D eigenvalue weighted by Crippen LogP contribution is 1.89. The second-order valence-corrected chi connectivity index (χ2v) is 1.72. The van der Waals surface area contributed by atoms with E-state index in [2.05, 4.69) is 4.98 Å². The minimum Gasteiger partial charge on any atom is -0.390 e. The Morgan fingerprint density at radius 1 is 1.58 bits per heavy atom. The van der Waals surface area contributed by atoms with Gasteiger partial charge in [0.25, 0.3) is 5.09 Å². The van der Waals surface area contributed by atoms with E-state index < -0.39 is 5.09 Å². The van der Waals surface area contributed by atoms with Crippen molar-refractivity contribution in [3.8, 4) is 0 Å². The monoisotopic (exact) mass is 172 g/mol. The fourth-order valence-corrected chi connectivity index (χ4v) is 0.492. The molecule has 6 heteroatoms. The molecule has 0 saturated carbocycles. The van der Waals surface area contributed by atoms with Crippen LogP contribution in [0.1, 0.15) is 5.69 Å². The van der Waals surface area contributed by atoms with E-state index in [1.807, 2.05) is 12.1 Å². The maximum absolute atomic E-state index is 8.48. The highest BCUT2D eigenvalue weighted by molar-refractivity contribution is 5.01. The number of pyridine rings is 1. The van der Waals surface area contributed by atoms with Gasteiger partial charge in [0.2, 0.25) is 0 Å². The van der Waals surface area contributed by atoms with Gasteiger partial charge in [0, 0.05) is 6.20 Å². The molecule has 0 atom stereocenters. The molecule has 0 aromatic carbocycles. The quantitative estimate of drug-likeness (QED) is 0.466. The van der Waals surface area contributed by atoms with E-state index in [-0.39, 0.29) is 6.61 Å². The Labute approximate surface area is 68.2 Å². The van der Waals surface area contributed by atoms with Crippen LogP contribution in [-0.2, 0) is 6.61 Å². The number of nitrogens with zero attached hydrogens (tertiary/aromatic N) is 2. The molecule has 2 N–H and O–H groups in total. The third kappa shape index (κ3) is 6.43. The van der Waals surface area contributed by atoms with Crippen molar-refractivity contribution in [3.05, 3.63) is 40.2 Å². The Kier molecular flexibility index (Phi) is 5.20. The van der Waals surface area contributed by atoms with Crippen LogP contribution in [0.25, 0.3) is 0 Å². The number of rotatable bonds is 1. The predicted molar refractivity (Wildman–Crippen MR) is 38.9 cm³/mol. The zero-order chi connectivity index (χ0) is 9.40. The Hall–Kier alpha value is -1.69. The predicted octanol–water partition coefficient (Wildman–Crippen LogP) is 0.226. The van der Waals surface area contributed by atoms with Crippen molar-refractivity contribution in [2.45, 2.75) is 6.61 Å². The molecule has 1 rings (SSSR count). The van der Waals surface area contributed by atoms with Crippen molar-refractivity contribution in [2.24, 2.45) is 0 Å². The molecule has 1 aromatic rings. The lowest BCUT2D eigenvalue weighted by molar-refractivity contribution is -0.742.